The minimum Gasteiger partial charge on any atom is -0.384 e. The van der Waals surface area contributed by atoms with Gasteiger partial charge in [0.1, 0.15) is 5.82 Å². The van der Waals surface area contributed by atoms with Crippen LogP contribution in [0.4, 0.5) is 11.5 Å². The molecular formula is C14H15N3O2S. The van der Waals surface area contributed by atoms with Crippen molar-refractivity contribution < 1.29 is 4.92 Å². The molecule has 2 rings (SSSR count). The molecule has 0 aliphatic rings. The van der Waals surface area contributed by atoms with E-state index in [0.29, 0.717) is 16.6 Å². The second-order valence-corrected chi connectivity index (χ2v) is 5.57. The molecule has 1 heterocycles. The lowest BCUT2D eigenvalue weighted by atomic mass is 10.1. The number of nitrogens with zero attached hydrogens (tertiary/aromatic N) is 2. The number of benzene rings is 1. The second-order valence-electron chi connectivity index (χ2n) is 4.60. The van der Waals surface area contributed by atoms with Gasteiger partial charge in [0.15, 0.2) is 5.03 Å². The van der Waals surface area contributed by atoms with Crippen LogP contribution in [0.5, 0.6) is 0 Å². The Morgan fingerprint density at radius 2 is 1.90 bits per heavy atom. The Morgan fingerprint density at radius 1 is 1.25 bits per heavy atom. The highest BCUT2D eigenvalue weighted by atomic mass is 32.2. The fraction of sp³-hybridized carbons (Fsp3) is 0.214. The normalized spacial score (nSPS) is 10.5. The molecule has 0 bridgehead atoms. The molecule has 0 fully saturated rings. The molecule has 0 amide bonds. The lowest BCUT2D eigenvalue weighted by molar-refractivity contribution is -0.388. The van der Waals surface area contributed by atoms with Gasteiger partial charge >= 0.3 is 5.69 Å². The summed E-state index contributed by atoms with van der Waals surface area (Å²) in [5.74, 6) is 0.915. The zero-order chi connectivity index (χ0) is 14.7. The van der Waals surface area contributed by atoms with Gasteiger partial charge in [-0.2, -0.15) is 0 Å². The van der Waals surface area contributed by atoms with E-state index in [9.17, 15) is 10.1 Å². The summed E-state index contributed by atoms with van der Waals surface area (Å²) in [4.78, 5) is 14.6. The van der Waals surface area contributed by atoms with Crippen LogP contribution in [0.2, 0.25) is 0 Å². The van der Waals surface area contributed by atoms with Gasteiger partial charge in [-0.1, -0.05) is 41.1 Å². The molecule has 0 radical (unpaired) electrons. The first-order valence-corrected chi connectivity index (χ1v) is 7.05. The zero-order valence-corrected chi connectivity index (χ0v) is 12.1. The van der Waals surface area contributed by atoms with E-state index in [4.69, 9.17) is 5.73 Å². The molecule has 1 aromatic carbocycles. The van der Waals surface area contributed by atoms with Crippen molar-refractivity contribution in [3.63, 3.8) is 0 Å². The van der Waals surface area contributed by atoms with Gasteiger partial charge in [-0.25, -0.2) is 4.98 Å². The number of hydrogen-bond acceptors (Lipinski definition) is 5. The van der Waals surface area contributed by atoms with E-state index >= 15 is 0 Å². The average Bonchev–Trinajstić information content (AvgIpc) is 2.35. The van der Waals surface area contributed by atoms with Gasteiger partial charge in [-0.05, 0) is 25.5 Å². The van der Waals surface area contributed by atoms with E-state index in [1.807, 2.05) is 13.8 Å². The molecule has 6 heteroatoms. The van der Waals surface area contributed by atoms with Crippen LogP contribution in [-0.4, -0.2) is 9.91 Å². The molecule has 104 valence electrons. The van der Waals surface area contributed by atoms with Crippen LogP contribution in [0.15, 0.2) is 35.4 Å². The third-order valence-electron chi connectivity index (χ3n) is 2.72. The molecule has 2 N–H and O–H groups in total. The van der Waals surface area contributed by atoms with Crippen molar-refractivity contribution in [3.05, 3.63) is 57.1 Å². The fourth-order valence-corrected chi connectivity index (χ4v) is 2.93. The Balaban J connectivity index is 2.22. The van der Waals surface area contributed by atoms with Crippen molar-refractivity contribution in [3.8, 4) is 0 Å². The van der Waals surface area contributed by atoms with E-state index in [2.05, 4.69) is 23.2 Å². The van der Waals surface area contributed by atoms with E-state index in [0.717, 1.165) is 5.56 Å². The molecule has 0 atom stereocenters. The van der Waals surface area contributed by atoms with Crippen LogP contribution in [0, 0.1) is 24.0 Å². The van der Waals surface area contributed by atoms with Crippen LogP contribution >= 0.6 is 11.8 Å². The standard InChI is InChI=1S/C14H15N3O2S/c1-9-5-10(2)7-11(6-9)8-20-14-12(17(18)19)3-4-13(15)16-14/h3-7H,8H2,1-2H3,(H2,15,16). The first-order valence-electron chi connectivity index (χ1n) is 6.06. The number of nitrogen functional groups attached to an aromatic ring is 1. The molecule has 0 aliphatic heterocycles. The molecule has 20 heavy (non-hydrogen) atoms. The Bertz CT molecular complexity index is 639. The molecule has 0 saturated heterocycles. The summed E-state index contributed by atoms with van der Waals surface area (Å²) >= 11 is 1.33. The highest BCUT2D eigenvalue weighted by Gasteiger charge is 2.16. The first kappa shape index (κ1) is 14.3. The number of hydrogen-bond donors (Lipinski definition) is 1. The maximum atomic E-state index is 11.0. The first-order chi connectivity index (χ1) is 9.45. The number of aromatic nitrogens is 1. The topological polar surface area (TPSA) is 82.0 Å². The molecule has 0 unspecified atom stereocenters. The minimum absolute atomic E-state index is 0.00595. The summed E-state index contributed by atoms with van der Waals surface area (Å²) in [5, 5.41) is 11.3. The van der Waals surface area contributed by atoms with E-state index < -0.39 is 4.92 Å². The lowest BCUT2D eigenvalue weighted by Gasteiger charge is -2.06. The van der Waals surface area contributed by atoms with Gasteiger partial charge in [0, 0.05) is 11.8 Å². The number of anilines is 1. The fourth-order valence-electron chi connectivity index (χ4n) is 2.00. The van der Waals surface area contributed by atoms with E-state index in [1.54, 1.807) is 0 Å². The zero-order valence-electron chi connectivity index (χ0n) is 11.3. The SMILES string of the molecule is Cc1cc(C)cc(CSc2nc(N)ccc2[N+](=O)[O-])c1. The Hall–Kier alpha value is -2.08. The molecule has 1 aromatic heterocycles. The van der Waals surface area contributed by atoms with Crippen LogP contribution in [0.1, 0.15) is 16.7 Å². The van der Waals surface area contributed by atoms with Crippen molar-refractivity contribution in [2.75, 3.05) is 5.73 Å². The van der Waals surface area contributed by atoms with Gasteiger partial charge < -0.3 is 5.73 Å². The second kappa shape index (κ2) is 5.92. The van der Waals surface area contributed by atoms with Crippen LogP contribution in [0.3, 0.4) is 0 Å². The minimum atomic E-state index is -0.434. The largest absolute Gasteiger partial charge is 0.384 e. The number of aryl methyl sites for hydroxylation is 2. The molecule has 2 aromatic rings. The Labute approximate surface area is 121 Å². The molecule has 0 aliphatic carbocycles. The predicted octanol–water partition coefficient (Wildman–Crippen LogP) is 3.48. The third-order valence-corrected chi connectivity index (χ3v) is 3.77. The Morgan fingerprint density at radius 3 is 2.50 bits per heavy atom. The van der Waals surface area contributed by atoms with Crippen molar-refractivity contribution in [2.24, 2.45) is 0 Å². The smallest absolute Gasteiger partial charge is 0.301 e. The maximum absolute atomic E-state index is 11.0. The van der Waals surface area contributed by atoms with Gasteiger partial charge in [-0.3, -0.25) is 10.1 Å². The van der Waals surface area contributed by atoms with Crippen molar-refractivity contribution >= 4 is 23.3 Å². The number of pyridine rings is 1. The Kier molecular flexibility index (Phi) is 4.24. The van der Waals surface area contributed by atoms with Crippen molar-refractivity contribution in [1.29, 1.82) is 0 Å². The highest BCUT2D eigenvalue weighted by molar-refractivity contribution is 7.98. The average molecular weight is 289 g/mol. The molecule has 0 spiro atoms. The number of nitro groups is 1. The third kappa shape index (κ3) is 3.48. The van der Waals surface area contributed by atoms with Crippen LogP contribution in [-0.2, 0) is 5.75 Å². The van der Waals surface area contributed by atoms with Crippen molar-refractivity contribution in [1.82, 2.24) is 4.98 Å². The van der Waals surface area contributed by atoms with E-state index in [-0.39, 0.29) is 5.69 Å². The van der Waals surface area contributed by atoms with E-state index in [1.165, 1.54) is 35.0 Å². The van der Waals surface area contributed by atoms with Gasteiger partial charge in [-0.15, -0.1) is 0 Å². The van der Waals surface area contributed by atoms with Crippen LogP contribution < -0.4 is 5.73 Å². The lowest BCUT2D eigenvalue weighted by Crippen LogP contribution is -1.97. The predicted molar refractivity (Wildman–Crippen MR) is 80.8 cm³/mol. The van der Waals surface area contributed by atoms with Crippen LogP contribution in [0.25, 0.3) is 0 Å². The molecular weight excluding hydrogens is 274 g/mol. The molecule has 5 nitrogen and oxygen atoms in total. The van der Waals surface area contributed by atoms with Gasteiger partial charge in [0.05, 0.1) is 4.92 Å². The molecule has 0 saturated carbocycles. The number of thioether (sulfide) groups is 1. The maximum Gasteiger partial charge on any atom is 0.301 e. The quantitative estimate of drug-likeness (QED) is 0.529. The number of nitrogens with two attached hydrogens (primary N) is 1. The number of rotatable bonds is 4. The highest BCUT2D eigenvalue weighted by Crippen LogP contribution is 2.30. The summed E-state index contributed by atoms with van der Waals surface area (Å²) in [5.41, 5.74) is 9.06. The van der Waals surface area contributed by atoms with Gasteiger partial charge in [0.25, 0.3) is 0 Å². The summed E-state index contributed by atoms with van der Waals surface area (Å²) in [6.07, 6.45) is 0. The summed E-state index contributed by atoms with van der Waals surface area (Å²) in [6, 6.07) is 9.07. The van der Waals surface area contributed by atoms with Gasteiger partial charge in [0.2, 0.25) is 0 Å². The van der Waals surface area contributed by atoms with Crippen molar-refractivity contribution in [2.45, 2.75) is 24.6 Å². The monoisotopic (exact) mass is 289 g/mol. The summed E-state index contributed by atoms with van der Waals surface area (Å²) in [6.45, 7) is 4.06. The summed E-state index contributed by atoms with van der Waals surface area (Å²) < 4.78 is 0. The summed E-state index contributed by atoms with van der Waals surface area (Å²) in [7, 11) is 0.